The van der Waals surface area contributed by atoms with Crippen LogP contribution in [0.25, 0.3) is 0 Å². The van der Waals surface area contributed by atoms with Crippen LogP contribution in [-0.2, 0) is 4.57 Å². The van der Waals surface area contributed by atoms with E-state index in [4.69, 9.17) is 9.47 Å². The average molecular weight is 522 g/mol. The number of benzene rings is 2. The monoisotopic (exact) mass is 520 g/mol. The molecule has 1 atom stereocenters. The van der Waals surface area contributed by atoms with Crippen LogP contribution in [0.15, 0.2) is 27.1 Å². The minimum atomic E-state index is -3.31. The number of ether oxygens (including phenoxy) is 2. The number of halogens is 2. The fourth-order valence-corrected chi connectivity index (χ4v) is 4.18. The van der Waals surface area contributed by atoms with E-state index in [9.17, 15) is 14.6 Å². The van der Waals surface area contributed by atoms with Crippen molar-refractivity contribution < 1.29 is 24.0 Å². The van der Waals surface area contributed by atoms with Crippen LogP contribution < -0.4 is 9.47 Å². The van der Waals surface area contributed by atoms with Gasteiger partial charge in [0.05, 0.1) is 8.95 Å². The fraction of sp³-hybridized carbons (Fsp3) is 0.368. The van der Waals surface area contributed by atoms with Gasteiger partial charge in [-0.05, 0) is 69.8 Å². The molecule has 0 amide bonds. The molecule has 0 saturated carbocycles. The van der Waals surface area contributed by atoms with E-state index in [-0.39, 0.29) is 18.0 Å². The molecule has 2 aromatic rings. The van der Waals surface area contributed by atoms with E-state index in [0.29, 0.717) is 26.2 Å². The van der Waals surface area contributed by atoms with Crippen LogP contribution in [0.4, 0.5) is 0 Å². The van der Waals surface area contributed by atoms with Crippen LogP contribution in [0, 0.1) is 13.8 Å². The minimum Gasteiger partial charge on any atom is -0.508 e. The Morgan fingerprint density at radius 3 is 2.15 bits per heavy atom. The van der Waals surface area contributed by atoms with E-state index in [1.807, 2.05) is 33.8 Å². The van der Waals surface area contributed by atoms with Gasteiger partial charge in [-0.2, -0.15) is 0 Å². The lowest BCUT2D eigenvalue weighted by atomic mass is 10.0. The van der Waals surface area contributed by atoms with Gasteiger partial charge in [-0.15, -0.1) is 0 Å². The molecule has 2 aromatic carbocycles. The first kappa shape index (κ1) is 22.3. The second kappa shape index (κ2) is 8.56. The molecule has 0 bridgehead atoms. The molecule has 2 N–H and O–H groups in total. The molecule has 2 rings (SSSR count). The van der Waals surface area contributed by atoms with Crippen molar-refractivity contribution in [3.05, 3.63) is 43.8 Å². The number of hydrogen-bond donors (Lipinski definition) is 2. The van der Waals surface area contributed by atoms with Crippen LogP contribution in [-0.4, -0.2) is 23.0 Å². The van der Waals surface area contributed by atoms with E-state index >= 15 is 0 Å². The lowest BCUT2D eigenvalue weighted by Gasteiger charge is -2.20. The first-order valence-electron chi connectivity index (χ1n) is 8.33. The molecular weight excluding hydrogens is 499 g/mol. The Labute approximate surface area is 176 Å². The highest BCUT2D eigenvalue weighted by molar-refractivity contribution is 9.11. The number of aromatic hydroxyl groups is 1. The van der Waals surface area contributed by atoms with Crippen molar-refractivity contribution >= 4 is 39.2 Å². The first-order valence-corrected chi connectivity index (χ1v) is 12.2. The summed E-state index contributed by atoms with van der Waals surface area (Å²) >= 11 is 7.00. The van der Waals surface area contributed by atoms with E-state index < -0.39 is 7.37 Å². The summed E-state index contributed by atoms with van der Waals surface area (Å²) in [6.07, 6.45) is -0.279. The van der Waals surface area contributed by atoms with Gasteiger partial charge in [0.1, 0.15) is 23.0 Å². The molecule has 0 aliphatic rings. The summed E-state index contributed by atoms with van der Waals surface area (Å²) in [6.45, 7) is 9.01. The number of phenols is 1. The van der Waals surface area contributed by atoms with Crippen molar-refractivity contribution in [2.45, 2.75) is 33.6 Å². The number of rotatable bonds is 6. The Bertz CT molecular complexity index is 876. The summed E-state index contributed by atoms with van der Waals surface area (Å²) in [5.41, 5.74) is 2.41. The lowest BCUT2D eigenvalue weighted by molar-refractivity contribution is 0.347. The van der Waals surface area contributed by atoms with Crippen LogP contribution in [0.3, 0.4) is 0 Å². The van der Waals surface area contributed by atoms with Crippen molar-refractivity contribution in [1.82, 2.24) is 0 Å². The zero-order chi connectivity index (χ0) is 20.5. The number of phenolic OH excluding ortho intramolecular Hbond substituents is 1. The lowest BCUT2D eigenvalue weighted by Crippen LogP contribution is -2.03. The molecule has 0 aliphatic carbocycles. The normalized spacial score (nSPS) is 13.5. The molecule has 0 heterocycles. The SMILES string of the molecule is Cc1c(Br)c(OCP(C)(=O)O)c(Br)c(C)c1Oc1ccc(O)c(C(C)C)c1. The van der Waals surface area contributed by atoms with E-state index in [1.165, 1.54) is 6.66 Å². The molecule has 0 spiro atoms. The Balaban J connectivity index is 2.44. The molecule has 5 nitrogen and oxygen atoms in total. The molecule has 148 valence electrons. The second-order valence-corrected chi connectivity index (χ2v) is 10.8. The zero-order valence-corrected chi connectivity index (χ0v) is 19.9. The quantitative estimate of drug-likeness (QED) is 0.414. The maximum atomic E-state index is 11.6. The highest BCUT2D eigenvalue weighted by Crippen LogP contribution is 2.47. The van der Waals surface area contributed by atoms with E-state index in [2.05, 4.69) is 31.9 Å². The Morgan fingerprint density at radius 1 is 1.11 bits per heavy atom. The van der Waals surface area contributed by atoms with Gasteiger partial charge >= 0.3 is 0 Å². The van der Waals surface area contributed by atoms with Gasteiger partial charge < -0.3 is 19.5 Å². The third kappa shape index (κ3) is 5.29. The third-order valence-corrected chi connectivity index (χ3v) is 6.55. The van der Waals surface area contributed by atoms with Gasteiger partial charge in [0, 0.05) is 23.4 Å². The van der Waals surface area contributed by atoms with Gasteiger partial charge in [0.2, 0.25) is 7.37 Å². The van der Waals surface area contributed by atoms with Crippen LogP contribution in [0.5, 0.6) is 23.0 Å². The van der Waals surface area contributed by atoms with Crippen LogP contribution >= 0.6 is 39.2 Å². The van der Waals surface area contributed by atoms with Crippen LogP contribution in [0.1, 0.15) is 36.5 Å². The van der Waals surface area contributed by atoms with Gasteiger partial charge in [-0.1, -0.05) is 13.8 Å². The Morgan fingerprint density at radius 2 is 1.67 bits per heavy atom. The second-order valence-electron chi connectivity index (χ2n) is 6.84. The molecule has 0 saturated heterocycles. The maximum Gasteiger partial charge on any atom is 0.233 e. The summed E-state index contributed by atoms with van der Waals surface area (Å²) in [5.74, 6) is 2.12. The zero-order valence-electron chi connectivity index (χ0n) is 15.8. The van der Waals surface area contributed by atoms with Crippen molar-refractivity contribution in [2.24, 2.45) is 0 Å². The Kier molecular flexibility index (Phi) is 7.06. The summed E-state index contributed by atoms with van der Waals surface area (Å²) in [4.78, 5) is 9.50. The highest BCUT2D eigenvalue weighted by Gasteiger charge is 2.22. The predicted molar refractivity (Wildman–Crippen MR) is 115 cm³/mol. The van der Waals surface area contributed by atoms with E-state index in [0.717, 1.165) is 16.7 Å². The topological polar surface area (TPSA) is 76.0 Å². The summed E-state index contributed by atoms with van der Waals surface area (Å²) in [5, 5.41) is 10.00. The largest absolute Gasteiger partial charge is 0.508 e. The van der Waals surface area contributed by atoms with Crippen molar-refractivity contribution in [3.63, 3.8) is 0 Å². The fourth-order valence-electron chi connectivity index (χ4n) is 2.56. The van der Waals surface area contributed by atoms with Gasteiger partial charge in [0.25, 0.3) is 0 Å². The molecule has 0 aliphatic heterocycles. The average Bonchev–Trinajstić information content (AvgIpc) is 2.57. The minimum absolute atomic E-state index is 0.160. The molecule has 8 heteroatoms. The predicted octanol–water partition coefficient (Wildman–Crippen LogP) is 6.69. The standard InChI is InChI=1S/C19H23Br2O5P/c1-10(2)14-8-13(6-7-15(14)22)26-18-11(3)16(20)19(17(21)12(18)4)25-9-27(5,23)24/h6-8,10,22H,9H2,1-5H3,(H,23,24). The Hall–Kier alpha value is -1.01. The molecule has 1 unspecified atom stereocenters. The molecular formula is C19H23Br2O5P. The smallest absolute Gasteiger partial charge is 0.233 e. The molecule has 0 fully saturated rings. The molecule has 0 aromatic heterocycles. The van der Waals surface area contributed by atoms with Gasteiger partial charge in [-0.3, -0.25) is 4.57 Å². The van der Waals surface area contributed by atoms with Crippen molar-refractivity contribution in [2.75, 3.05) is 13.0 Å². The van der Waals surface area contributed by atoms with Gasteiger partial charge in [0.15, 0.2) is 6.35 Å². The van der Waals surface area contributed by atoms with Gasteiger partial charge in [-0.25, -0.2) is 0 Å². The maximum absolute atomic E-state index is 11.6. The first-order chi connectivity index (χ1) is 12.4. The highest BCUT2D eigenvalue weighted by atomic mass is 79.9. The summed E-state index contributed by atoms with van der Waals surface area (Å²) in [7, 11) is -3.31. The van der Waals surface area contributed by atoms with Crippen molar-refractivity contribution in [1.29, 1.82) is 0 Å². The third-order valence-electron chi connectivity index (χ3n) is 4.03. The van der Waals surface area contributed by atoms with Crippen molar-refractivity contribution in [3.8, 4) is 23.0 Å². The molecule has 0 radical (unpaired) electrons. The molecule has 27 heavy (non-hydrogen) atoms. The van der Waals surface area contributed by atoms with E-state index in [1.54, 1.807) is 12.1 Å². The summed E-state index contributed by atoms with van der Waals surface area (Å²) < 4.78 is 24.5. The van der Waals surface area contributed by atoms with Crippen LogP contribution in [0.2, 0.25) is 0 Å². The summed E-state index contributed by atoms with van der Waals surface area (Å²) in [6, 6.07) is 5.16. The number of hydrogen-bond acceptors (Lipinski definition) is 4.